The molecule has 0 bridgehead atoms. The Hall–Kier alpha value is -0.780. The Morgan fingerprint density at radius 1 is 1.54 bits per heavy atom. The molecule has 0 saturated heterocycles. The van der Waals surface area contributed by atoms with Gasteiger partial charge in [0.05, 0.1) is 10.7 Å². The van der Waals surface area contributed by atoms with Crippen LogP contribution in [0.1, 0.15) is 10.4 Å². The first kappa shape index (κ1) is 10.3. The van der Waals surface area contributed by atoms with Gasteiger partial charge in [0.25, 0.3) is 5.91 Å². The highest BCUT2D eigenvalue weighted by molar-refractivity contribution is 14.1. The third-order valence-corrected chi connectivity index (χ3v) is 2.48. The lowest BCUT2D eigenvalue weighted by molar-refractivity contribution is 0.0963. The summed E-state index contributed by atoms with van der Waals surface area (Å²) >= 11 is 2.13. The summed E-state index contributed by atoms with van der Waals surface area (Å²) in [6.07, 6.45) is 0. The third-order valence-electron chi connectivity index (χ3n) is 1.64. The van der Waals surface area contributed by atoms with Crippen LogP contribution in [0, 0.1) is 3.57 Å². The lowest BCUT2D eigenvalue weighted by Gasteiger charge is -2.04. The molecule has 0 aliphatic rings. The number of hydrogen-bond donors (Lipinski definition) is 1. The highest BCUT2D eigenvalue weighted by atomic mass is 127. The van der Waals surface area contributed by atoms with E-state index in [2.05, 4.69) is 27.9 Å². The van der Waals surface area contributed by atoms with Crippen molar-refractivity contribution in [3.63, 3.8) is 0 Å². The summed E-state index contributed by atoms with van der Waals surface area (Å²) in [4.78, 5) is 11.2. The first-order valence-corrected chi connectivity index (χ1v) is 4.82. The van der Waals surface area contributed by atoms with Crippen LogP contribution in [0.2, 0.25) is 0 Å². The lowest BCUT2D eigenvalue weighted by atomic mass is 10.2. The van der Waals surface area contributed by atoms with Gasteiger partial charge in [-0.1, -0.05) is 0 Å². The van der Waals surface area contributed by atoms with E-state index in [0.717, 1.165) is 9.32 Å². The van der Waals surface area contributed by atoms with Crippen molar-refractivity contribution < 1.29 is 9.53 Å². The van der Waals surface area contributed by atoms with E-state index in [4.69, 9.17) is 4.74 Å². The van der Waals surface area contributed by atoms with Crippen molar-refractivity contribution in [2.75, 3.05) is 14.2 Å². The normalized spacial score (nSPS) is 9.46. The second-order valence-electron chi connectivity index (χ2n) is 2.43. The van der Waals surface area contributed by atoms with E-state index in [9.17, 15) is 4.79 Å². The van der Waals surface area contributed by atoms with Crippen molar-refractivity contribution >= 4 is 28.5 Å². The zero-order valence-corrected chi connectivity index (χ0v) is 9.58. The van der Waals surface area contributed by atoms with E-state index in [-0.39, 0.29) is 5.91 Å². The zero-order chi connectivity index (χ0) is 9.84. The summed E-state index contributed by atoms with van der Waals surface area (Å²) in [5.41, 5.74) is 0.646. The quantitative estimate of drug-likeness (QED) is 0.842. The zero-order valence-electron chi connectivity index (χ0n) is 7.43. The van der Waals surface area contributed by atoms with Crippen molar-refractivity contribution in [2.24, 2.45) is 0 Å². The van der Waals surface area contributed by atoms with E-state index < -0.39 is 0 Å². The van der Waals surface area contributed by atoms with Gasteiger partial charge in [0, 0.05) is 12.6 Å². The molecule has 1 aromatic carbocycles. The van der Waals surface area contributed by atoms with Crippen LogP contribution in [0.15, 0.2) is 18.2 Å². The maximum Gasteiger partial charge on any atom is 0.251 e. The van der Waals surface area contributed by atoms with Gasteiger partial charge in [0.15, 0.2) is 0 Å². The summed E-state index contributed by atoms with van der Waals surface area (Å²) in [5.74, 6) is 0.703. The topological polar surface area (TPSA) is 38.3 Å². The number of rotatable bonds is 2. The van der Waals surface area contributed by atoms with Crippen molar-refractivity contribution in [3.8, 4) is 5.75 Å². The molecule has 1 aromatic rings. The predicted molar refractivity (Wildman–Crippen MR) is 59.1 cm³/mol. The Balaban J connectivity index is 3.02. The van der Waals surface area contributed by atoms with Gasteiger partial charge >= 0.3 is 0 Å². The standard InChI is InChI=1S/C9H10INO2/c1-11-9(12)6-3-4-8(13-2)7(10)5-6/h3-5H,1-2H3,(H,11,12). The average molecular weight is 291 g/mol. The van der Waals surface area contributed by atoms with Crippen LogP contribution >= 0.6 is 22.6 Å². The molecule has 13 heavy (non-hydrogen) atoms. The first-order chi connectivity index (χ1) is 6.19. The average Bonchev–Trinajstić information content (AvgIpc) is 2.16. The molecule has 3 nitrogen and oxygen atoms in total. The van der Waals surface area contributed by atoms with Gasteiger partial charge in [-0.15, -0.1) is 0 Å². The highest BCUT2D eigenvalue weighted by Gasteiger charge is 2.06. The van der Waals surface area contributed by atoms with Crippen LogP contribution in [-0.4, -0.2) is 20.1 Å². The number of halogens is 1. The summed E-state index contributed by atoms with van der Waals surface area (Å²) in [6, 6.07) is 5.31. The molecule has 4 heteroatoms. The highest BCUT2D eigenvalue weighted by Crippen LogP contribution is 2.21. The van der Waals surface area contributed by atoms with E-state index in [1.165, 1.54) is 0 Å². The van der Waals surface area contributed by atoms with Crippen LogP contribution in [0.3, 0.4) is 0 Å². The second-order valence-corrected chi connectivity index (χ2v) is 3.59. The van der Waals surface area contributed by atoms with Gasteiger partial charge in [-0.3, -0.25) is 4.79 Å². The van der Waals surface area contributed by atoms with Crippen LogP contribution in [-0.2, 0) is 0 Å². The number of benzene rings is 1. The third kappa shape index (κ3) is 2.33. The van der Waals surface area contributed by atoms with E-state index in [1.54, 1.807) is 32.4 Å². The minimum absolute atomic E-state index is 0.0828. The van der Waals surface area contributed by atoms with Crippen LogP contribution in [0.5, 0.6) is 5.75 Å². The van der Waals surface area contributed by atoms with Gasteiger partial charge in [-0.05, 0) is 40.8 Å². The summed E-state index contributed by atoms with van der Waals surface area (Å²) < 4.78 is 6.01. The number of methoxy groups -OCH3 is 1. The van der Waals surface area contributed by atoms with Gasteiger partial charge in [-0.2, -0.15) is 0 Å². The van der Waals surface area contributed by atoms with Crippen LogP contribution < -0.4 is 10.1 Å². The number of nitrogens with one attached hydrogen (secondary N) is 1. The predicted octanol–water partition coefficient (Wildman–Crippen LogP) is 1.66. The first-order valence-electron chi connectivity index (χ1n) is 3.74. The molecule has 0 unspecified atom stereocenters. The maximum atomic E-state index is 11.2. The summed E-state index contributed by atoms with van der Waals surface area (Å²) in [6.45, 7) is 0. The maximum absolute atomic E-state index is 11.2. The smallest absolute Gasteiger partial charge is 0.251 e. The number of carbonyl (C=O) groups excluding carboxylic acids is 1. The molecule has 0 atom stereocenters. The molecule has 0 aliphatic carbocycles. The molecular formula is C9H10INO2. The monoisotopic (exact) mass is 291 g/mol. The largest absolute Gasteiger partial charge is 0.496 e. The number of ether oxygens (including phenoxy) is 1. The molecule has 0 saturated carbocycles. The fraction of sp³-hybridized carbons (Fsp3) is 0.222. The van der Waals surface area contributed by atoms with Crippen molar-refractivity contribution in [1.82, 2.24) is 5.32 Å². The Bertz CT molecular complexity index is 325. The summed E-state index contributed by atoms with van der Waals surface area (Å²) in [5, 5.41) is 2.56. The molecule has 0 fully saturated rings. The molecule has 0 spiro atoms. The molecule has 0 radical (unpaired) electrons. The van der Waals surface area contributed by atoms with E-state index >= 15 is 0 Å². The van der Waals surface area contributed by atoms with Crippen molar-refractivity contribution in [2.45, 2.75) is 0 Å². The lowest BCUT2D eigenvalue weighted by Crippen LogP contribution is -2.17. The molecule has 70 valence electrons. The Labute approximate surface area is 90.6 Å². The van der Waals surface area contributed by atoms with Crippen molar-refractivity contribution in [3.05, 3.63) is 27.3 Å². The Morgan fingerprint density at radius 2 is 2.23 bits per heavy atom. The minimum atomic E-state index is -0.0828. The molecule has 1 rings (SSSR count). The molecule has 1 N–H and O–H groups in total. The van der Waals surface area contributed by atoms with Crippen LogP contribution in [0.25, 0.3) is 0 Å². The molecule has 0 heterocycles. The fourth-order valence-corrected chi connectivity index (χ4v) is 1.69. The van der Waals surface area contributed by atoms with Gasteiger partial charge < -0.3 is 10.1 Å². The summed E-state index contributed by atoms with van der Waals surface area (Å²) in [7, 11) is 3.22. The van der Waals surface area contributed by atoms with Crippen molar-refractivity contribution in [1.29, 1.82) is 0 Å². The van der Waals surface area contributed by atoms with Gasteiger partial charge in [0.1, 0.15) is 5.75 Å². The van der Waals surface area contributed by atoms with Gasteiger partial charge in [-0.25, -0.2) is 0 Å². The van der Waals surface area contributed by atoms with E-state index in [0.29, 0.717) is 5.56 Å². The SMILES string of the molecule is CNC(=O)c1ccc(OC)c(I)c1. The molecule has 0 aliphatic heterocycles. The number of amides is 1. The fourth-order valence-electron chi connectivity index (χ4n) is 0.952. The minimum Gasteiger partial charge on any atom is -0.496 e. The second kappa shape index (κ2) is 4.45. The Morgan fingerprint density at radius 3 is 2.69 bits per heavy atom. The molecular weight excluding hydrogens is 281 g/mol. The van der Waals surface area contributed by atoms with Gasteiger partial charge in [0.2, 0.25) is 0 Å². The molecule has 0 aromatic heterocycles. The molecule has 1 amide bonds. The number of carbonyl (C=O) groups is 1. The number of hydrogen-bond acceptors (Lipinski definition) is 2. The Kier molecular flexibility index (Phi) is 3.53. The van der Waals surface area contributed by atoms with Crippen LogP contribution in [0.4, 0.5) is 0 Å². The van der Waals surface area contributed by atoms with E-state index in [1.807, 2.05) is 0 Å².